The van der Waals surface area contributed by atoms with Crippen molar-refractivity contribution in [3.63, 3.8) is 0 Å². The van der Waals surface area contributed by atoms with E-state index in [4.69, 9.17) is 0 Å². The van der Waals surface area contributed by atoms with Gasteiger partial charge in [-0.15, -0.1) is 0 Å². The van der Waals surface area contributed by atoms with Crippen LogP contribution in [0, 0.1) is 0 Å². The van der Waals surface area contributed by atoms with E-state index in [-0.39, 0.29) is 5.41 Å². The van der Waals surface area contributed by atoms with Gasteiger partial charge in [0.2, 0.25) is 0 Å². The predicted octanol–water partition coefficient (Wildman–Crippen LogP) is 20.4. The molecule has 0 fully saturated rings. The van der Waals surface area contributed by atoms with E-state index >= 15 is 0 Å². The van der Waals surface area contributed by atoms with Crippen molar-refractivity contribution in [2.45, 2.75) is 30.1 Å². The lowest BCUT2D eigenvalue weighted by Gasteiger charge is -2.39. The molecule has 1 aliphatic heterocycles. The molecule has 0 saturated carbocycles. The van der Waals surface area contributed by atoms with E-state index in [0.717, 1.165) is 11.4 Å². The van der Waals surface area contributed by atoms with Crippen LogP contribution in [0.5, 0.6) is 0 Å². The maximum Gasteiger partial charge on any atom is 0.0754 e. The summed E-state index contributed by atoms with van der Waals surface area (Å²) < 4.78 is 2.53. The van der Waals surface area contributed by atoms with Crippen LogP contribution in [-0.4, -0.2) is 4.57 Å². The van der Waals surface area contributed by atoms with Gasteiger partial charge in [-0.1, -0.05) is 238 Å². The highest BCUT2D eigenvalue weighted by Crippen LogP contribution is 2.66. The van der Waals surface area contributed by atoms with Gasteiger partial charge in [0, 0.05) is 33.1 Å². The molecule has 5 aliphatic rings. The van der Waals surface area contributed by atoms with E-state index in [1.807, 2.05) is 0 Å². The van der Waals surface area contributed by atoms with E-state index in [2.05, 4.69) is 302 Å². The lowest BCUT2D eigenvalue weighted by atomic mass is 9.65. The lowest BCUT2D eigenvalue weighted by Crippen LogP contribution is -2.33. The van der Waals surface area contributed by atoms with Crippen molar-refractivity contribution < 1.29 is 0 Å². The zero-order chi connectivity index (χ0) is 54.5. The maximum atomic E-state index is 2.56. The quantitative estimate of drug-likeness (QED) is 0.171. The molecule has 14 aromatic rings. The number of para-hydroxylation sites is 3. The summed E-state index contributed by atoms with van der Waals surface area (Å²) in [6.45, 7) is 4.78. The van der Waals surface area contributed by atoms with Crippen molar-refractivity contribution >= 4 is 49.6 Å². The molecule has 83 heavy (non-hydrogen) atoms. The normalized spacial score (nSPS) is 16.1. The smallest absolute Gasteiger partial charge is 0.0754 e. The molecular weight excluding hydrogens is 1000 g/mol. The van der Waals surface area contributed by atoms with Gasteiger partial charge >= 0.3 is 0 Å². The zero-order valence-corrected chi connectivity index (χ0v) is 46.0. The summed E-state index contributed by atoms with van der Waals surface area (Å²) in [4.78, 5) is 2.56. The Balaban J connectivity index is 0.798. The van der Waals surface area contributed by atoms with Crippen molar-refractivity contribution in [3.05, 3.63) is 335 Å². The van der Waals surface area contributed by atoms with E-state index in [9.17, 15) is 0 Å². The molecule has 2 heteroatoms. The molecule has 1 unspecified atom stereocenters. The van der Waals surface area contributed by atoms with Crippen molar-refractivity contribution in [1.29, 1.82) is 0 Å². The van der Waals surface area contributed by atoms with Crippen LogP contribution in [0.15, 0.2) is 279 Å². The van der Waals surface area contributed by atoms with Gasteiger partial charge in [0.15, 0.2) is 0 Å². The summed E-state index contributed by atoms with van der Waals surface area (Å²) in [5.74, 6) is 0. The lowest BCUT2D eigenvalue weighted by molar-refractivity contribution is 0.660. The minimum atomic E-state index is -0.518. The fourth-order valence-corrected chi connectivity index (χ4v) is 16.9. The Hall–Kier alpha value is -10.3. The fraction of sp³-hybridized carbons (Fsp3) is 0.0617. The number of rotatable bonds is 4. The Kier molecular flexibility index (Phi) is 8.76. The molecule has 0 bridgehead atoms. The first-order valence-electron chi connectivity index (χ1n) is 29.3. The Bertz CT molecular complexity index is 5170. The molecule has 1 atom stereocenters. The van der Waals surface area contributed by atoms with Crippen LogP contribution >= 0.6 is 0 Å². The number of fused-ring (bicyclic) bond motifs is 26. The Morgan fingerprint density at radius 3 is 1.52 bits per heavy atom. The second-order valence-corrected chi connectivity index (χ2v) is 24.2. The Morgan fingerprint density at radius 2 is 0.771 bits per heavy atom. The molecule has 0 N–H and O–H groups in total. The van der Waals surface area contributed by atoms with Gasteiger partial charge in [-0.25, -0.2) is 0 Å². The zero-order valence-electron chi connectivity index (χ0n) is 46.0. The Labute approximate surface area is 482 Å². The summed E-state index contributed by atoms with van der Waals surface area (Å²) in [5, 5.41) is 4.98. The summed E-state index contributed by atoms with van der Waals surface area (Å²) in [5.41, 5.74) is 32.3. The summed E-state index contributed by atoms with van der Waals surface area (Å²) >= 11 is 0. The first kappa shape index (κ1) is 45.4. The molecule has 0 radical (unpaired) electrons. The van der Waals surface area contributed by atoms with Crippen LogP contribution < -0.4 is 4.90 Å². The third kappa shape index (κ3) is 5.55. The van der Waals surface area contributed by atoms with Gasteiger partial charge in [-0.05, 0) is 171 Å². The third-order valence-corrected chi connectivity index (χ3v) is 20.2. The highest BCUT2D eigenvalue weighted by Gasteiger charge is 2.53. The van der Waals surface area contributed by atoms with Crippen molar-refractivity contribution in [2.24, 2.45) is 0 Å². The van der Waals surface area contributed by atoms with Gasteiger partial charge in [0.25, 0.3) is 0 Å². The molecule has 2 heterocycles. The fourth-order valence-electron chi connectivity index (χ4n) is 16.9. The molecule has 0 amide bonds. The number of anilines is 3. The van der Waals surface area contributed by atoms with Crippen molar-refractivity contribution in [3.8, 4) is 61.3 Å². The molecule has 19 rings (SSSR count). The topological polar surface area (TPSA) is 8.17 Å². The van der Waals surface area contributed by atoms with Gasteiger partial charge in [0.05, 0.1) is 33.2 Å². The second-order valence-electron chi connectivity index (χ2n) is 24.2. The van der Waals surface area contributed by atoms with Crippen molar-refractivity contribution in [2.75, 3.05) is 4.90 Å². The molecule has 1 aromatic heterocycles. The predicted molar refractivity (Wildman–Crippen MR) is 343 cm³/mol. The number of aromatic nitrogens is 1. The van der Waals surface area contributed by atoms with E-state index in [0.29, 0.717) is 0 Å². The average Bonchev–Trinajstić information content (AvgIpc) is 1.88. The Morgan fingerprint density at radius 1 is 0.301 bits per heavy atom. The molecule has 0 saturated heterocycles. The first-order chi connectivity index (χ1) is 40.9. The monoisotopic (exact) mass is 1050 g/mol. The number of benzene rings is 13. The van der Waals surface area contributed by atoms with E-state index < -0.39 is 10.8 Å². The van der Waals surface area contributed by atoms with Crippen LogP contribution in [0.1, 0.15) is 69.5 Å². The summed E-state index contributed by atoms with van der Waals surface area (Å²) in [6, 6.07) is 107. The van der Waals surface area contributed by atoms with E-state index in [1.54, 1.807) is 0 Å². The first-order valence-corrected chi connectivity index (χ1v) is 29.3. The van der Waals surface area contributed by atoms with Gasteiger partial charge < -0.3 is 9.47 Å². The molecule has 386 valence electrons. The highest BCUT2D eigenvalue weighted by molar-refractivity contribution is 6.13. The highest BCUT2D eigenvalue weighted by atomic mass is 15.1. The van der Waals surface area contributed by atoms with Gasteiger partial charge in [-0.3, -0.25) is 0 Å². The van der Waals surface area contributed by atoms with Gasteiger partial charge in [-0.2, -0.15) is 0 Å². The van der Waals surface area contributed by atoms with Crippen LogP contribution in [0.2, 0.25) is 0 Å². The molecule has 13 aromatic carbocycles. The molecule has 4 aliphatic carbocycles. The largest absolute Gasteiger partial charge is 0.310 e. The van der Waals surface area contributed by atoms with Crippen molar-refractivity contribution in [1.82, 2.24) is 4.57 Å². The van der Waals surface area contributed by atoms with Crippen LogP contribution in [0.3, 0.4) is 0 Å². The number of nitrogens with zero attached hydrogens (tertiary/aromatic N) is 2. The van der Waals surface area contributed by atoms with Gasteiger partial charge in [0.1, 0.15) is 0 Å². The minimum Gasteiger partial charge on any atom is -0.310 e. The van der Waals surface area contributed by atoms with E-state index in [1.165, 1.54) is 155 Å². The summed E-state index contributed by atoms with van der Waals surface area (Å²) in [7, 11) is 0. The number of hydrogen-bond acceptors (Lipinski definition) is 1. The standard InChI is InChI=1S/C81H52N2/c1-79(2)64-26-9-3-19-55(64)59-44-42-54(48-72(59)79)82(76-36-18-32-70-77(76)63-24-7-13-30-68(63)80(70)65-27-10-4-20-56(65)57-21-5-11-28-66(57)80)53-41-39-50-45-49(37-38-51(50)46-53)52-40-43-60-58-22-6-12-29-67(58)81(73(60)47-52)69-31-14-16-35-75(69)83-74-34-15-8-23-61(74)62-25-17-33-71(81)78(62)83/h3-48H,1-2H3. The maximum absolute atomic E-state index is 2.56. The summed E-state index contributed by atoms with van der Waals surface area (Å²) in [6.07, 6.45) is 0. The molecule has 2 nitrogen and oxygen atoms in total. The van der Waals surface area contributed by atoms with Crippen LogP contribution in [0.4, 0.5) is 17.1 Å². The van der Waals surface area contributed by atoms with Crippen LogP contribution in [0.25, 0.3) is 93.9 Å². The minimum absolute atomic E-state index is 0.173. The third-order valence-electron chi connectivity index (χ3n) is 20.2. The average molecular weight is 1050 g/mol. The SMILES string of the molecule is CC1(C)c2ccccc2-c2ccc(N(c3ccc4cc(-c5ccc6c(c5)C5(c7ccccc7-6)c6ccccc6-n6c7ccccc7c7cccc5c76)ccc4c3)c3cccc4c3-c3ccccc3C43c4ccccc4-c4ccccc43)cc21. The number of hydrogen-bond donors (Lipinski definition) is 0. The van der Waals surface area contributed by atoms with Crippen LogP contribution in [-0.2, 0) is 16.2 Å². The molecule has 2 spiro atoms. The second kappa shape index (κ2) is 16.0. The molecular formula is C81H52N2.